The molecule has 2 amide bonds. The first kappa shape index (κ1) is 23.2. The second-order valence-electron chi connectivity index (χ2n) is 6.65. The lowest BCUT2D eigenvalue weighted by Gasteiger charge is -2.22. The smallest absolute Gasteiger partial charge is 0.306 e. The van der Waals surface area contributed by atoms with Crippen molar-refractivity contribution in [1.82, 2.24) is 0 Å². The molecule has 0 aliphatic heterocycles. The number of aryl methyl sites for hydroxylation is 2. The molecule has 0 radical (unpaired) electrons. The molecule has 0 saturated heterocycles. The minimum Gasteiger partial charge on any atom is -0.456 e. The van der Waals surface area contributed by atoms with Crippen molar-refractivity contribution in [2.75, 3.05) is 18.1 Å². The van der Waals surface area contributed by atoms with Crippen LogP contribution in [0.1, 0.15) is 39.4 Å². The zero-order chi connectivity index (χ0) is 22.3. The molecule has 1 aromatic heterocycles. The van der Waals surface area contributed by atoms with Crippen LogP contribution >= 0.6 is 11.3 Å². The SMILES string of the molecule is Cc1cc(C(=O)CCC(=O)OCC(=O)N(CCC(N)=O)c2ccc(F)cc2)c(C)s1. The zero-order valence-corrected chi connectivity index (χ0v) is 17.6. The zero-order valence-electron chi connectivity index (χ0n) is 16.8. The highest BCUT2D eigenvalue weighted by Gasteiger charge is 2.19. The second-order valence-corrected chi connectivity index (χ2v) is 8.11. The minimum absolute atomic E-state index is 0.0204. The summed E-state index contributed by atoms with van der Waals surface area (Å²) in [7, 11) is 0. The van der Waals surface area contributed by atoms with Gasteiger partial charge in [0.1, 0.15) is 5.82 Å². The summed E-state index contributed by atoms with van der Waals surface area (Å²) in [6, 6.07) is 6.88. The average molecular weight is 434 g/mol. The Morgan fingerprint density at radius 2 is 1.73 bits per heavy atom. The number of hydrogen-bond acceptors (Lipinski definition) is 6. The number of primary amides is 1. The summed E-state index contributed by atoms with van der Waals surface area (Å²) in [5.41, 5.74) is 6.08. The first-order valence-electron chi connectivity index (χ1n) is 9.27. The first-order valence-corrected chi connectivity index (χ1v) is 10.1. The number of carbonyl (C=O) groups excluding carboxylic acids is 4. The summed E-state index contributed by atoms with van der Waals surface area (Å²) in [5, 5.41) is 0. The number of amides is 2. The van der Waals surface area contributed by atoms with E-state index in [0.29, 0.717) is 11.3 Å². The number of halogens is 1. The number of rotatable bonds is 10. The third-order valence-electron chi connectivity index (χ3n) is 4.28. The molecule has 9 heteroatoms. The van der Waals surface area contributed by atoms with E-state index in [1.54, 1.807) is 6.07 Å². The number of thiophene rings is 1. The summed E-state index contributed by atoms with van der Waals surface area (Å²) in [5.74, 6) is -2.52. The lowest BCUT2D eigenvalue weighted by Crippen LogP contribution is -2.37. The molecule has 0 unspecified atom stereocenters. The van der Waals surface area contributed by atoms with E-state index >= 15 is 0 Å². The van der Waals surface area contributed by atoms with E-state index in [2.05, 4.69) is 0 Å². The maximum Gasteiger partial charge on any atom is 0.306 e. The van der Waals surface area contributed by atoms with E-state index in [9.17, 15) is 23.6 Å². The van der Waals surface area contributed by atoms with Crippen molar-refractivity contribution in [3.05, 3.63) is 51.5 Å². The Bertz CT molecular complexity index is 939. The van der Waals surface area contributed by atoms with Gasteiger partial charge in [-0.05, 0) is 44.2 Å². The largest absolute Gasteiger partial charge is 0.456 e. The predicted octanol–water partition coefficient (Wildman–Crippen LogP) is 2.92. The van der Waals surface area contributed by atoms with Gasteiger partial charge in [0.15, 0.2) is 12.4 Å². The van der Waals surface area contributed by atoms with Crippen LogP contribution in [0.15, 0.2) is 30.3 Å². The van der Waals surface area contributed by atoms with E-state index in [0.717, 1.165) is 9.75 Å². The van der Waals surface area contributed by atoms with Crippen LogP contribution in [0.3, 0.4) is 0 Å². The van der Waals surface area contributed by atoms with Crippen molar-refractivity contribution in [2.45, 2.75) is 33.1 Å². The molecule has 0 saturated carbocycles. The van der Waals surface area contributed by atoms with Crippen molar-refractivity contribution in [1.29, 1.82) is 0 Å². The highest BCUT2D eigenvalue weighted by molar-refractivity contribution is 7.12. The van der Waals surface area contributed by atoms with Gasteiger partial charge in [0.05, 0.1) is 6.42 Å². The molecule has 7 nitrogen and oxygen atoms in total. The van der Waals surface area contributed by atoms with Crippen LogP contribution in [0.25, 0.3) is 0 Å². The Morgan fingerprint density at radius 3 is 2.30 bits per heavy atom. The van der Waals surface area contributed by atoms with Crippen LogP contribution in [0, 0.1) is 19.7 Å². The van der Waals surface area contributed by atoms with Gasteiger partial charge in [0.25, 0.3) is 5.91 Å². The highest BCUT2D eigenvalue weighted by atomic mass is 32.1. The van der Waals surface area contributed by atoms with Gasteiger partial charge in [-0.1, -0.05) is 0 Å². The third-order valence-corrected chi connectivity index (χ3v) is 5.24. The van der Waals surface area contributed by atoms with Gasteiger partial charge in [-0.3, -0.25) is 19.2 Å². The summed E-state index contributed by atoms with van der Waals surface area (Å²) in [4.78, 5) is 50.9. The van der Waals surface area contributed by atoms with Crippen molar-refractivity contribution in [2.24, 2.45) is 5.73 Å². The number of nitrogens with two attached hydrogens (primary N) is 1. The molecule has 2 rings (SSSR count). The normalized spacial score (nSPS) is 10.5. The van der Waals surface area contributed by atoms with Crippen molar-refractivity contribution in [3.8, 4) is 0 Å². The number of nitrogens with zero attached hydrogens (tertiary/aromatic N) is 1. The summed E-state index contributed by atoms with van der Waals surface area (Å²) >= 11 is 1.51. The average Bonchev–Trinajstić information content (AvgIpc) is 3.03. The Hall–Kier alpha value is -3.07. The molecule has 0 spiro atoms. The molecule has 160 valence electrons. The van der Waals surface area contributed by atoms with Gasteiger partial charge in [-0.25, -0.2) is 4.39 Å². The maximum absolute atomic E-state index is 13.1. The quantitative estimate of drug-likeness (QED) is 0.457. The van der Waals surface area contributed by atoms with Gasteiger partial charge in [-0.2, -0.15) is 0 Å². The molecular formula is C21H23FN2O5S. The molecule has 0 aliphatic rings. The lowest BCUT2D eigenvalue weighted by molar-refractivity contribution is -0.147. The van der Waals surface area contributed by atoms with Crippen LogP contribution < -0.4 is 10.6 Å². The van der Waals surface area contributed by atoms with E-state index in [-0.39, 0.29) is 31.6 Å². The van der Waals surface area contributed by atoms with Gasteiger partial charge in [0, 0.05) is 40.4 Å². The molecule has 0 bridgehead atoms. The van der Waals surface area contributed by atoms with E-state index in [1.807, 2.05) is 13.8 Å². The van der Waals surface area contributed by atoms with E-state index in [1.165, 1.54) is 40.5 Å². The summed E-state index contributed by atoms with van der Waals surface area (Å²) < 4.78 is 18.1. The Labute approximate surface area is 177 Å². The van der Waals surface area contributed by atoms with E-state index in [4.69, 9.17) is 10.5 Å². The molecule has 0 aliphatic carbocycles. The molecule has 0 atom stereocenters. The first-order chi connectivity index (χ1) is 14.2. The minimum atomic E-state index is -0.685. The van der Waals surface area contributed by atoms with E-state index < -0.39 is 30.2 Å². The van der Waals surface area contributed by atoms with Gasteiger partial charge < -0.3 is 15.4 Å². The Kier molecular flexibility index (Phi) is 8.23. The molecule has 2 N–H and O–H groups in total. The van der Waals surface area contributed by atoms with Crippen LogP contribution in [0.5, 0.6) is 0 Å². The fourth-order valence-electron chi connectivity index (χ4n) is 2.79. The monoisotopic (exact) mass is 434 g/mol. The summed E-state index contributed by atoms with van der Waals surface area (Å²) in [6.07, 6.45) is -0.281. The highest BCUT2D eigenvalue weighted by Crippen LogP contribution is 2.22. The van der Waals surface area contributed by atoms with Crippen molar-refractivity contribution in [3.63, 3.8) is 0 Å². The molecule has 1 aromatic carbocycles. The second kappa shape index (κ2) is 10.6. The van der Waals surface area contributed by atoms with Crippen LogP contribution in [-0.4, -0.2) is 36.7 Å². The fourth-order valence-corrected chi connectivity index (χ4v) is 3.73. The maximum atomic E-state index is 13.1. The number of ketones is 1. The predicted molar refractivity (Wildman–Crippen MR) is 111 cm³/mol. The molecule has 2 aromatic rings. The number of anilines is 1. The van der Waals surface area contributed by atoms with Crippen molar-refractivity contribution >= 4 is 40.6 Å². The molecule has 30 heavy (non-hydrogen) atoms. The van der Waals surface area contributed by atoms with Crippen LogP contribution in [-0.2, 0) is 19.1 Å². The number of esters is 1. The fraction of sp³-hybridized carbons (Fsp3) is 0.333. The number of hydrogen-bond donors (Lipinski definition) is 1. The van der Waals surface area contributed by atoms with Crippen molar-refractivity contribution < 1.29 is 28.3 Å². The van der Waals surface area contributed by atoms with Crippen LogP contribution in [0.2, 0.25) is 0 Å². The number of Topliss-reactive ketones (excluding diaryl/α,β-unsaturated/α-hetero) is 1. The lowest BCUT2D eigenvalue weighted by atomic mass is 10.1. The van der Waals surface area contributed by atoms with Gasteiger partial charge in [0.2, 0.25) is 5.91 Å². The standard InChI is InChI=1S/C21H23FN2O5S/c1-13-11-17(14(2)30-13)18(25)7-8-21(28)29-12-20(27)24(10-9-19(23)26)16-5-3-15(22)4-6-16/h3-6,11H,7-10,12H2,1-2H3,(H2,23,26). The van der Waals surface area contributed by atoms with Gasteiger partial charge >= 0.3 is 5.97 Å². The molecule has 0 fully saturated rings. The molecule has 1 heterocycles. The number of ether oxygens (including phenoxy) is 1. The Morgan fingerprint density at radius 1 is 1.07 bits per heavy atom. The topological polar surface area (TPSA) is 107 Å². The third kappa shape index (κ3) is 6.77. The number of benzene rings is 1. The number of carbonyl (C=O) groups is 4. The Balaban J connectivity index is 1.90. The summed E-state index contributed by atoms with van der Waals surface area (Å²) in [6.45, 7) is 3.14. The van der Waals surface area contributed by atoms with Crippen LogP contribution in [0.4, 0.5) is 10.1 Å². The molecular weight excluding hydrogens is 411 g/mol. The van der Waals surface area contributed by atoms with Gasteiger partial charge in [-0.15, -0.1) is 11.3 Å².